The number of rotatable bonds is 6. The zero-order valence-corrected chi connectivity index (χ0v) is 23.3. The van der Waals surface area contributed by atoms with Gasteiger partial charge in [-0.25, -0.2) is 0 Å². The predicted octanol–water partition coefficient (Wildman–Crippen LogP) is 8.66. The Balaban J connectivity index is 0.000000709. The molecule has 0 heterocycles. The summed E-state index contributed by atoms with van der Waals surface area (Å²) in [6.45, 7) is 13.9. The van der Waals surface area contributed by atoms with Crippen molar-refractivity contribution in [1.29, 1.82) is 0 Å². The van der Waals surface area contributed by atoms with Gasteiger partial charge in [-0.2, -0.15) is 12.6 Å². The Bertz CT molecular complexity index is 695. The highest BCUT2D eigenvalue weighted by Crippen LogP contribution is 2.68. The van der Waals surface area contributed by atoms with Crippen molar-refractivity contribution in [3.8, 4) is 0 Å². The van der Waals surface area contributed by atoms with Crippen LogP contribution in [0.4, 0.5) is 0 Å². The molecule has 0 radical (unpaired) electrons. The first-order valence-electron chi connectivity index (χ1n) is 14.0. The maximum absolute atomic E-state index is 9.00. The molecule has 8 unspecified atom stereocenters. The number of carboxylic acid groups (broad SMARTS) is 1. The van der Waals surface area contributed by atoms with Crippen LogP contribution in [-0.4, -0.2) is 16.8 Å². The molecule has 0 aromatic rings. The summed E-state index contributed by atoms with van der Waals surface area (Å²) in [6, 6.07) is 0. The van der Waals surface area contributed by atoms with E-state index < -0.39 is 5.97 Å². The van der Waals surface area contributed by atoms with Crippen LogP contribution in [0, 0.1) is 52.3 Å². The second-order valence-corrected chi connectivity index (χ2v) is 13.5. The number of hydrogen-bond acceptors (Lipinski definition) is 2. The molecule has 0 spiro atoms. The van der Waals surface area contributed by atoms with Crippen molar-refractivity contribution in [2.75, 3.05) is 5.75 Å². The highest BCUT2D eigenvalue weighted by atomic mass is 32.1. The van der Waals surface area contributed by atoms with Crippen molar-refractivity contribution in [2.24, 2.45) is 52.3 Å². The lowest BCUT2D eigenvalue weighted by Gasteiger charge is -2.60. The van der Waals surface area contributed by atoms with Gasteiger partial charge in [0.05, 0.1) is 0 Å². The van der Waals surface area contributed by atoms with Crippen LogP contribution in [0.5, 0.6) is 0 Å². The molecule has 33 heavy (non-hydrogen) atoms. The molecule has 3 heteroatoms. The first kappa shape index (κ1) is 27.2. The van der Waals surface area contributed by atoms with Crippen LogP contribution in [0.25, 0.3) is 0 Å². The smallest absolute Gasteiger partial charge is 0.300 e. The van der Waals surface area contributed by atoms with E-state index in [1.807, 2.05) is 0 Å². The largest absolute Gasteiger partial charge is 0.481 e. The Hall–Kier alpha value is -0.440. The minimum Gasteiger partial charge on any atom is -0.481 e. The van der Waals surface area contributed by atoms with Crippen LogP contribution >= 0.6 is 12.6 Å². The summed E-state index contributed by atoms with van der Waals surface area (Å²) in [4.78, 5) is 9.00. The van der Waals surface area contributed by atoms with E-state index in [9.17, 15) is 0 Å². The van der Waals surface area contributed by atoms with Gasteiger partial charge in [-0.05, 0) is 104 Å². The van der Waals surface area contributed by atoms with E-state index in [2.05, 4.69) is 53.3 Å². The normalized spacial score (nSPS) is 40.6. The molecule has 4 rings (SSSR count). The zero-order chi connectivity index (χ0) is 24.4. The van der Waals surface area contributed by atoms with Gasteiger partial charge < -0.3 is 5.11 Å². The molecular weight excluding hydrogens is 424 g/mol. The Kier molecular flexibility index (Phi) is 9.12. The predicted molar refractivity (Wildman–Crippen MR) is 144 cm³/mol. The highest BCUT2D eigenvalue weighted by molar-refractivity contribution is 7.80. The molecule has 4 aliphatic carbocycles. The lowest BCUT2D eigenvalue weighted by Crippen LogP contribution is -2.53. The van der Waals surface area contributed by atoms with Gasteiger partial charge in [0.1, 0.15) is 0 Å². The lowest BCUT2D eigenvalue weighted by molar-refractivity contribution is -0.134. The van der Waals surface area contributed by atoms with Crippen molar-refractivity contribution in [2.45, 2.75) is 112 Å². The van der Waals surface area contributed by atoms with Crippen LogP contribution in [0.3, 0.4) is 0 Å². The summed E-state index contributed by atoms with van der Waals surface area (Å²) < 4.78 is 0. The third-order valence-electron chi connectivity index (χ3n) is 10.8. The molecule has 0 amide bonds. The third kappa shape index (κ3) is 5.70. The molecule has 190 valence electrons. The van der Waals surface area contributed by atoms with Crippen molar-refractivity contribution < 1.29 is 9.90 Å². The van der Waals surface area contributed by atoms with E-state index in [4.69, 9.17) is 9.90 Å². The Morgan fingerprint density at radius 2 is 1.73 bits per heavy atom. The van der Waals surface area contributed by atoms with Gasteiger partial charge in [0.15, 0.2) is 0 Å². The topological polar surface area (TPSA) is 37.3 Å². The number of allylic oxidation sites excluding steroid dienone is 1. The van der Waals surface area contributed by atoms with Gasteiger partial charge in [0.2, 0.25) is 0 Å². The number of carboxylic acids is 1. The summed E-state index contributed by atoms with van der Waals surface area (Å²) in [7, 11) is 0. The highest BCUT2D eigenvalue weighted by Gasteiger charge is 2.60. The minimum absolute atomic E-state index is 0.567. The standard InChI is InChI=1S/C28H48S.C2H4O2/c1-19(2)7-6-8-20(3)24-13-14-25-23-12-11-22-10-9-21(18-29)17-28(22,5)26(23)15-16-27(24,25)4;1-2(3)4/h9,19-20,22-26,29H,6-8,10-18H2,1-5H3;1H3,(H,3,4). The quantitative estimate of drug-likeness (QED) is 0.297. The van der Waals surface area contributed by atoms with Crippen LogP contribution in [0.15, 0.2) is 11.6 Å². The van der Waals surface area contributed by atoms with Gasteiger partial charge in [0, 0.05) is 12.7 Å². The number of fused-ring (bicyclic) bond motifs is 5. The van der Waals surface area contributed by atoms with Gasteiger partial charge in [-0.15, -0.1) is 0 Å². The maximum Gasteiger partial charge on any atom is 0.300 e. The number of thiol groups is 1. The molecule has 0 saturated heterocycles. The average molecular weight is 477 g/mol. The average Bonchev–Trinajstić information content (AvgIpc) is 3.09. The Labute approximate surface area is 210 Å². The fourth-order valence-corrected chi connectivity index (χ4v) is 9.45. The first-order chi connectivity index (χ1) is 15.5. The second-order valence-electron chi connectivity index (χ2n) is 13.1. The second kappa shape index (κ2) is 11.1. The summed E-state index contributed by atoms with van der Waals surface area (Å²) in [5.41, 5.74) is 2.85. The van der Waals surface area contributed by atoms with E-state index >= 15 is 0 Å². The Morgan fingerprint density at radius 1 is 1.06 bits per heavy atom. The van der Waals surface area contributed by atoms with E-state index in [0.717, 1.165) is 54.1 Å². The molecule has 2 nitrogen and oxygen atoms in total. The van der Waals surface area contributed by atoms with Crippen LogP contribution in [-0.2, 0) is 4.79 Å². The van der Waals surface area contributed by atoms with Crippen LogP contribution < -0.4 is 0 Å². The van der Waals surface area contributed by atoms with E-state index in [0.29, 0.717) is 10.8 Å². The number of carbonyl (C=O) groups is 1. The van der Waals surface area contributed by atoms with E-state index in [-0.39, 0.29) is 0 Å². The maximum atomic E-state index is 9.00. The molecular formula is C30H52O2S. The molecule has 0 bridgehead atoms. The fraction of sp³-hybridized carbons (Fsp3) is 0.900. The monoisotopic (exact) mass is 476 g/mol. The van der Waals surface area contributed by atoms with Gasteiger partial charge in [0.25, 0.3) is 5.97 Å². The summed E-state index contributed by atoms with van der Waals surface area (Å²) in [5.74, 6) is 6.90. The lowest BCUT2D eigenvalue weighted by atomic mass is 9.44. The molecule has 3 fully saturated rings. The van der Waals surface area contributed by atoms with E-state index in [1.54, 1.807) is 5.57 Å². The van der Waals surface area contributed by atoms with Gasteiger partial charge in [-0.3, -0.25) is 4.79 Å². The van der Waals surface area contributed by atoms with Crippen molar-refractivity contribution >= 4 is 18.6 Å². The molecule has 3 saturated carbocycles. The summed E-state index contributed by atoms with van der Waals surface area (Å²) in [5, 5.41) is 7.42. The molecule has 0 aromatic heterocycles. The molecule has 0 aliphatic heterocycles. The zero-order valence-electron chi connectivity index (χ0n) is 22.4. The number of hydrogen-bond donors (Lipinski definition) is 2. The summed E-state index contributed by atoms with van der Waals surface area (Å²) >= 11 is 4.66. The van der Waals surface area contributed by atoms with Gasteiger partial charge >= 0.3 is 0 Å². The molecule has 4 aliphatic rings. The number of aliphatic carboxylic acids is 1. The van der Waals surface area contributed by atoms with E-state index in [1.165, 1.54) is 70.6 Å². The molecule has 8 atom stereocenters. The van der Waals surface area contributed by atoms with Gasteiger partial charge in [-0.1, -0.05) is 65.5 Å². The first-order valence-corrected chi connectivity index (χ1v) is 14.6. The van der Waals surface area contributed by atoms with Crippen molar-refractivity contribution in [1.82, 2.24) is 0 Å². The summed E-state index contributed by atoms with van der Waals surface area (Å²) in [6.07, 6.45) is 18.7. The van der Waals surface area contributed by atoms with Crippen molar-refractivity contribution in [3.05, 3.63) is 11.6 Å². The fourth-order valence-electron chi connectivity index (χ4n) is 9.21. The van der Waals surface area contributed by atoms with Crippen LogP contribution in [0.2, 0.25) is 0 Å². The SMILES string of the molecule is CC(=O)O.CC(C)CCCC(C)C1CCC2C3CCC4CC=C(CS)CC4(C)C3CCC12C. The molecule has 1 N–H and O–H groups in total. The third-order valence-corrected chi connectivity index (χ3v) is 11.2. The van der Waals surface area contributed by atoms with Crippen molar-refractivity contribution in [3.63, 3.8) is 0 Å². The molecule has 0 aromatic carbocycles. The minimum atomic E-state index is -0.833. The van der Waals surface area contributed by atoms with Crippen LogP contribution in [0.1, 0.15) is 112 Å². The Morgan fingerprint density at radius 3 is 2.36 bits per heavy atom.